The zero-order valence-corrected chi connectivity index (χ0v) is 12.9. The molecule has 0 aliphatic heterocycles. The van der Waals surface area contributed by atoms with Crippen LogP contribution in [-0.2, 0) is 28.6 Å². The topological polar surface area (TPSA) is 99.1 Å². The summed E-state index contributed by atoms with van der Waals surface area (Å²) in [6, 6.07) is 0. The van der Waals surface area contributed by atoms with Gasteiger partial charge in [0, 0.05) is 5.57 Å². The van der Waals surface area contributed by atoms with Crippen molar-refractivity contribution in [1.29, 1.82) is 0 Å². The summed E-state index contributed by atoms with van der Waals surface area (Å²) in [7, 11) is 5.29. The third kappa shape index (κ3) is 9.98. The molecule has 7 nitrogen and oxygen atoms in total. The molecule has 0 bridgehead atoms. The summed E-state index contributed by atoms with van der Waals surface area (Å²) >= 11 is 0. The highest BCUT2D eigenvalue weighted by molar-refractivity contribution is 6.08. The van der Waals surface area contributed by atoms with Crippen LogP contribution in [0.2, 0.25) is 6.32 Å². The zero-order chi connectivity index (χ0) is 17.1. The minimum absolute atomic E-state index is 0.135. The minimum atomic E-state index is -1.14. The second-order valence-corrected chi connectivity index (χ2v) is 4.75. The van der Waals surface area contributed by atoms with E-state index in [1.54, 1.807) is 6.92 Å². The maximum Gasteiger partial charge on any atom is 0.333 e. The van der Waals surface area contributed by atoms with Gasteiger partial charge in [-0.15, -0.1) is 0 Å². The summed E-state index contributed by atoms with van der Waals surface area (Å²) in [6.07, 6.45) is -1.66. The van der Waals surface area contributed by atoms with E-state index in [0.717, 1.165) is 0 Å². The summed E-state index contributed by atoms with van der Waals surface area (Å²) < 4.78 is 14.3. The number of rotatable bonds is 10. The second kappa shape index (κ2) is 10.8. The van der Waals surface area contributed by atoms with E-state index in [4.69, 9.17) is 17.3 Å². The van der Waals surface area contributed by atoms with Crippen LogP contribution in [0.5, 0.6) is 0 Å². The van der Waals surface area contributed by atoms with Crippen molar-refractivity contribution in [3.8, 4) is 0 Å². The fourth-order valence-electron chi connectivity index (χ4n) is 1.14. The van der Waals surface area contributed by atoms with Gasteiger partial charge in [0.15, 0.2) is 0 Å². The van der Waals surface area contributed by atoms with Gasteiger partial charge in [0.25, 0.3) is 0 Å². The quantitative estimate of drug-likeness (QED) is 0.268. The first-order chi connectivity index (χ1) is 10.3. The predicted molar refractivity (Wildman–Crippen MR) is 78.1 cm³/mol. The van der Waals surface area contributed by atoms with Crippen LogP contribution in [-0.4, -0.2) is 56.3 Å². The van der Waals surface area contributed by atoms with Crippen molar-refractivity contribution in [2.24, 2.45) is 0 Å². The Balaban J connectivity index is 3.82. The number of carbonyl (C=O) groups excluding carboxylic acids is 3. The lowest BCUT2D eigenvalue weighted by Crippen LogP contribution is -2.25. The number of carbonyl (C=O) groups is 3. The average molecular weight is 312 g/mol. The van der Waals surface area contributed by atoms with E-state index in [-0.39, 0.29) is 37.9 Å². The van der Waals surface area contributed by atoms with Gasteiger partial charge < -0.3 is 19.3 Å². The molecule has 0 aliphatic carbocycles. The fraction of sp³-hybridized carbons (Fsp3) is 0.643. The third-order valence-electron chi connectivity index (χ3n) is 2.39. The minimum Gasteiger partial charge on any atom is -0.463 e. The molecule has 8 heteroatoms. The number of hydrogen-bond donors (Lipinski definition) is 1. The molecule has 2 radical (unpaired) electrons. The molecule has 2 unspecified atom stereocenters. The SMILES string of the molecule is [B]CC(C)OC(=O)CCC(=O)OCC(O)COC(=O)C(=C)C. The van der Waals surface area contributed by atoms with Crippen LogP contribution >= 0.6 is 0 Å². The van der Waals surface area contributed by atoms with Crippen molar-refractivity contribution >= 4 is 25.8 Å². The average Bonchev–Trinajstić information content (AvgIpc) is 2.47. The highest BCUT2D eigenvalue weighted by Gasteiger charge is 2.14. The van der Waals surface area contributed by atoms with Gasteiger partial charge in [-0.3, -0.25) is 9.59 Å². The molecule has 0 spiro atoms. The van der Waals surface area contributed by atoms with E-state index >= 15 is 0 Å². The first-order valence-electron chi connectivity index (χ1n) is 6.82. The van der Waals surface area contributed by atoms with Gasteiger partial charge in [-0.25, -0.2) is 4.79 Å². The van der Waals surface area contributed by atoms with Gasteiger partial charge in [0.2, 0.25) is 0 Å². The van der Waals surface area contributed by atoms with Crippen molar-refractivity contribution in [3.63, 3.8) is 0 Å². The molecular formula is C14H21BO7. The van der Waals surface area contributed by atoms with Crippen molar-refractivity contribution in [3.05, 3.63) is 12.2 Å². The molecule has 0 saturated heterocycles. The Hall–Kier alpha value is -1.83. The van der Waals surface area contributed by atoms with Gasteiger partial charge in [-0.2, -0.15) is 0 Å². The van der Waals surface area contributed by atoms with E-state index in [2.05, 4.69) is 11.3 Å². The molecule has 0 saturated carbocycles. The molecule has 0 rings (SSSR count). The largest absolute Gasteiger partial charge is 0.463 e. The highest BCUT2D eigenvalue weighted by atomic mass is 16.6. The van der Waals surface area contributed by atoms with E-state index in [1.807, 2.05) is 0 Å². The van der Waals surface area contributed by atoms with Crippen molar-refractivity contribution in [2.45, 2.75) is 45.2 Å². The van der Waals surface area contributed by atoms with Crippen LogP contribution in [0.4, 0.5) is 0 Å². The van der Waals surface area contributed by atoms with Gasteiger partial charge >= 0.3 is 17.9 Å². The summed E-state index contributed by atoms with van der Waals surface area (Å²) in [4.78, 5) is 33.7. The van der Waals surface area contributed by atoms with Crippen LogP contribution in [0.15, 0.2) is 12.2 Å². The zero-order valence-electron chi connectivity index (χ0n) is 12.9. The molecule has 2 atom stereocenters. The van der Waals surface area contributed by atoms with Crippen molar-refractivity contribution in [1.82, 2.24) is 0 Å². The second-order valence-electron chi connectivity index (χ2n) is 4.75. The Kier molecular flexibility index (Phi) is 9.94. The molecule has 0 heterocycles. The van der Waals surface area contributed by atoms with Gasteiger partial charge in [-0.05, 0) is 13.8 Å². The summed E-state index contributed by atoms with van der Waals surface area (Å²) in [5.74, 6) is -1.85. The molecule has 0 aliphatic rings. The highest BCUT2D eigenvalue weighted by Crippen LogP contribution is 2.02. The maximum atomic E-state index is 11.4. The number of hydrogen-bond acceptors (Lipinski definition) is 7. The fourth-order valence-corrected chi connectivity index (χ4v) is 1.14. The normalized spacial score (nSPS) is 12.9. The third-order valence-corrected chi connectivity index (χ3v) is 2.39. The first-order valence-corrected chi connectivity index (χ1v) is 6.82. The lowest BCUT2D eigenvalue weighted by atomic mass is 10.0. The van der Waals surface area contributed by atoms with Crippen LogP contribution in [0.3, 0.4) is 0 Å². The lowest BCUT2D eigenvalue weighted by molar-refractivity contribution is -0.155. The molecule has 22 heavy (non-hydrogen) atoms. The smallest absolute Gasteiger partial charge is 0.333 e. The monoisotopic (exact) mass is 312 g/mol. The summed E-state index contributed by atoms with van der Waals surface area (Å²) in [5, 5.41) is 9.47. The molecule has 0 aromatic rings. The van der Waals surface area contributed by atoms with Crippen molar-refractivity contribution in [2.75, 3.05) is 13.2 Å². The Labute approximate surface area is 131 Å². The Morgan fingerprint density at radius 2 is 1.68 bits per heavy atom. The molecule has 1 N–H and O–H groups in total. The van der Waals surface area contributed by atoms with Crippen LogP contribution in [0, 0.1) is 0 Å². The molecule has 122 valence electrons. The standard InChI is InChI=1S/C14H21BO7/c1-9(2)14(19)21-8-11(16)7-20-12(17)4-5-13(18)22-10(3)6-15/h10-11,16H,1,4-8H2,2-3H3. The van der Waals surface area contributed by atoms with Gasteiger partial charge in [0.1, 0.15) is 19.3 Å². The van der Waals surface area contributed by atoms with E-state index in [1.165, 1.54) is 6.92 Å². The molecule has 0 amide bonds. The van der Waals surface area contributed by atoms with Gasteiger partial charge in [-0.1, -0.05) is 12.9 Å². The number of aliphatic hydroxyl groups excluding tert-OH is 1. The summed E-state index contributed by atoms with van der Waals surface area (Å²) in [6.45, 7) is 5.84. The van der Waals surface area contributed by atoms with Crippen LogP contribution in [0.1, 0.15) is 26.7 Å². The lowest BCUT2D eigenvalue weighted by Gasteiger charge is -2.12. The number of ether oxygens (including phenoxy) is 3. The number of aliphatic hydroxyl groups is 1. The first kappa shape index (κ1) is 20.2. The Morgan fingerprint density at radius 3 is 2.23 bits per heavy atom. The number of esters is 3. The molecule has 0 aromatic heterocycles. The summed E-state index contributed by atoms with van der Waals surface area (Å²) in [5.41, 5.74) is 0.203. The Morgan fingerprint density at radius 1 is 1.14 bits per heavy atom. The van der Waals surface area contributed by atoms with Crippen LogP contribution in [0.25, 0.3) is 0 Å². The van der Waals surface area contributed by atoms with E-state index in [9.17, 15) is 19.5 Å². The molecule has 0 aromatic carbocycles. The molecular weight excluding hydrogens is 291 g/mol. The van der Waals surface area contributed by atoms with Crippen molar-refractivity contribution < 1.29 is 33.7 Å². The Bertz CT molecular complexity index is 408. The van der Waals surface area contributed by atoms with Crippen LogP contribution < -0.4 is 0 Å². The maximum absolute atomic E-state index is 11.4. The van der Waals surface area contributed by atoms with E-state index < -0.39 is 30.1 Å². The van der Waals surface area contributed by atoms with E-state index in [0.29, 0.717) is 0 Å². The van der Waals surface area contributed by atoms with Gasteiger partial charge in [0.05, 0.1) is 26.8 Å². The predicted octanol–water partition coefficient (Wildman–Crippen LogP) is 0.308. The molecule has 0 fully saturated rings.